The second-order valence-corrected chi connectivity index (χ2v) is 6.36. The third-order valence-corrected chi connectivity index (χ3v) is 4.40. The summed E-state index contributed by atoms with van der Waals surface area (Å²) in [6.07, 6.45) is -0.903. The summed E-state index contributed by atoms with van der Waals surface area (Å²) in [5, 5.41) is 3.93. The zero-order chi connectivity index (χ0) is 19.5. The average molecular weight is 378 g/mol. The fourth-order valence-electron chi connectivity index (χ4n) is 3.01. The Kier molecular flexibility index (Phi) is 4.80. The van der Waals surface area contributed by atoms with Crippen LogP contribution in [0.3, 0.4) is 0 Å². The smallest absolute Gasteiger partial charge is 0.349 e. The highest BCUT2D eigenvalue weighted by Crippen LogP contribution is 2.33. The van der Waals surface area contributed by atoms with Crippen LogP contribution in [0.1, 0.15) is 12.6 Å². The lowest BCUT2D eigenvalue weighted by molar-refractivity contribution is -0.153. The van der Waals surface area contributed by atoms with Crippen molar-refractivity contribution in [2.24, 2.45) is 0 Å². The summed E-state index contributed by atoms with van der Waals surface area (Å²) in [6, 6.07) is 18.3. The molecule has 1 aliphatic heterocycles. The molecule has 0 saturated carbocycles. The van der Waals surface area contributed by atoms with Crippen molar-refractivity contribution in [3.63, 3.8) is 0 Å². The van der Waals surface area contributed by atoms with Gasteiger partial charge in [-0.15, -0.1) is 0 Å². The summed E-state index contributed by atoms with van der Waals surface area (Å²) in [7, 11) is 0. The maximum absolute atomic E-state index is 12.5. The predicted octanol–water partition coefficient (Wildman–Crippen LogP) is 3.20. The standard InChI is InChI=1S/C21H18N2O5/c1-14(24)23-12-20(27-18-10-6-5-9-17(18)23)21(25)26-13-16-11-19(28-22-16)15-7-3-2-4-8-15/h2-11,20H,12-13H2,1H3/t20-/m0/s1. The average Bonchev–Trinajstić information content (AvgIpc) is 3.21. The number of esters is 1. The Bertz CT molecular complexity index is 999. The van der Waals surface area contributed by atoms with E-state index in [-0.39, 0.29) is 19.1 Å². The molecule has 0 N–H and O–H groups in total. The first-order valence-electron chi connectivity index (χ1n) is 8.83. The van der Waals surface area contributed by atoms with E-state index in [0.717, 1.165) is 5.56 Å². The Balaban J connectivity index is 1.42. The minimum absolute atomic E-state index is 0.0449. The molecule has 28 heavy (non-hydrogen) atoms. The molecule has 7 heteroatoms. The molecule has 0 radical (unpaired) electrons. The fraction of sp³-hybridized carbons (Fsp3) is 0.190. The monoisotopic (exact) mass is 378 g/mol. The Labute approximate surface area is 161 Å². The number of nitrogens with zero attached hydrogens (tertiary/aromatic N) is 2. The number of ether oxygens (including phenoxy) is 2. The van der Waals surface area contributed by atoms with Crippen molar-refractivity contribution in [1.82, 2.24) is 5.16 Å². The molecule has 0 fully saturated rings. The van der Waals surface area contributed by atoms with E-state index in [2.05, 4.69) is 5.16 Å². The van der Waals surface area contributed by atoms with Crippen molar-refractivity contribution in [2.45, 2.75) is 19.6 Å². The number of hydrogen-bond acceptors (Lipinski definition) is 6. The van der Waals surface area contributed by atoms with Gasteiger partial charge in [0.1, 0.15) is 18.1 Å². The Morgan fingerprint density at radius 1 is 1.14 bits per heavy atom. The van der Waals surface area contributed by atoms with E-state index in [1.807, 2.05) is 36.4 Å². The zero-order valence-corrected chi connectivity index (χ0v) is 15.2. The number of hydrogen-bond donors (Lipinski definition) is 0. The number of carbonyl (C=O) groups is 2. The van der Waals surface area contributed by atoms with Gasteiger partial charge in [-0.2, -0.15) is 0 Å². The van der Waals surface area contributed by atoms with Gasteiger partial charge in [-0.1, -0.05) is 47.6 Å². The van der Waals surface area contributed by atoms with Crippen LogP contribution in [0.15, 0.2) is 65.2 Å². The van der Waals surface area contributed by atoms with Gasteiger partial charge in [0.2, 0.25) is 12.0 Å². The minimum Gasteiger partial charge on any atom is -0.475 e. The summed E-state index contributed by atoms with van der Waals surface area (Å²) in [5.74, 6) is 0.332. The van der Waals surface area contributed by atoms with Gasteiger partial charge < -0.3 is 18.9 Å². The SMILES string of the molecule is CC(=O)N1C[C@@H](C(=O)OCc2cc(-c3ccccc3)on2)Oc2ccccc21. The minimum atomic E-state index is -0.903. The first-order chi connectivity index (χ1) is 13.6. The number of fused-ring (bicyclic) bond motifs is 1. The highest BCUT2D eigenvalue weighted by atomic mass is 16.6. The van der Waals surface area contributed by atoms with Gasteiger partial charge in [0.25, 0.3) is 0 Å². The van der Waals surface area contributed by atoms with Crippen LogP contribution in [-0.2, 0) is 20.9 Å². The molecule has 1 atom stereocenters. The molecule has 4 rings (SSSR count). The summed E-state index contributed by atoms with van der Waals surface area (Å²) in [5.41, 5.74) is 2.02. The van der Waals surface area contributed by atoms with E-state index in [4.69, 9.17) is 14.0 Å². The molecule has 1 aromatic heterocycles. The lowest BCUT2D eigenvalue weighted by Gasteiger charge is -2.33. The number of anilines is 1. The first kappa shape index (κ1) is 17.8. The number of carbonyl (C=O) groups excluding carboxylic acids is 2. The summed E-state index contributed by atoms with van der Waals surface area (Å²) in [6.45, 7) is 1.50. The third-order valence-electron chi connectivity index (χ3n) is 4.40. The number of para-hydroxylation sites is 2. The first-order valence-corrected chi connectivity index (χ1v) is 8.83. The van der Waals surface area contributed by atoms with Crippen LogP contribution in [0.25, 0.3) is 11.3 Å². The van der Waals surface area contributed by atoms with Gasteiger partial charge in [-0.25, -0.2) is 4.79 Å². The van der Waals surface area contributed by atoms with Crippen LogP contribution in [0, 0.1) is 0 Å². The Hall–Kier alpha value is -3.61. The summed E-state index contributed by atoms with van der Waals surface area (Å²) >= 11 is 0. The van der Waals surface area contributed by atoms with Crippen LogP contribution in [0.4, 0.5) is 5.69 Å². The van der Waals surface area contributed by atoms with Gasteiger partial charge in [0.15, 0.2) is 5.76 Å². The summed E-state index contributed by atoms with van der Waals surface area (Å²) < 4.78 is 16.4. The normalized spacial score (nSPS) is 15.5. The van der Waals surface area contributed by atoms with Crippen molar-refractivity contribution in [3.8, 4) is 17.1 Å². The largest absolute Gasteiger partial charge is 0.475 e. The van der Waals surface area contributed by atoms with E-state index < -0.39 is 12.1 Å². The van der Waals surface area contributed by atoms with Crippen LogP contribution >= 0.6 is 0 Å². The Morgan fingerprint density at radius 2 is 1.89 bits per heavy atom. The molecule has 0 aliphatic carbocycles. The van der Waals surface area contributed by atoms with E-state index in [1.54, 1.807) is 24.3 Å². The van der Waals surface area contributed by atoms with E-state index in [0.29, 0.717) is 22.9 Å². The molecular weight excluding hydrogens is 360 g/mol. The Morgan fingerprint density at radius 3 is 2.68 bits per heavy atom. The molecule has 7 nitrogen and oxygen atoms in total. The van der Waals surface area contributed by atoms with Gasteiger partial charge in [0.05, 0.1) is 12.2 Å². The van der Waals surface area contributed by atoms with Crippen molar-refractivity contribution in [1.29, 1.82) is 0 Å². The van der Waals surface area contributed by atoms with Crippen LogP contribution in [-0.4, -0.2) is 29.7 Å². The third kappa shape index (κ3) is 3.59. The molecule has 1 amide bonds. The maximum Gasteiger partial charge on any atom is 0.349 e. The number of rotatable bonds is 4. The quantitative estimate of drug-likeness (QED) is 0.649. The molecule has 2 aromatic carbocycles. The predicted molar refractivity (Wildman–Crippen MR) is 101 cm³/mol. The molecule has 0 saturated heterocycles. The van der Waals surface area contributed by atoms with Gasteiger partial charge in [-0.05, 0) is 12.1 Å². The van der Waals surface area contributed by atoms with Crippen LogP contribution < -0.4 is 9.64 Å². The van der Waals surface area contributed by atoms with Crippen molar-refractivity contribution in [2.75, 3.05) is 11.4 Å². The molecule has 3 aromatic rings. The van der Waals surface area contributed by atoms with E-state index >= 15 is 0 Å². The molecule has 0 bridgehead atoms. The van der Waals surface area contributed by atoms with Gasteiger partial charge >= 0.3 is 5.97 Å². The highest BCUT2D eigenvalue weighted by Gasteiger charge is 2.33. The number of amides is 1. The van der Waals surface area contributed by atoms with E-state index in [1.165, 1.54) is 11.8 Å². The molecule has 1 aliphatic rings. The maximum atomic E-state index is 12.5. The molecular formula is C21H18N2O5. The molecule has 0 unspecified atom stereocenters. The van der Waals surface area contributed by atoms with Crippen LogP contribution in [0.5, 0.6) is 5.75 Å². The lowest BCUT2D eigenvalue weighted by atomic mass is 10.1. The van der Waals surface area contributed by atoms with Gasteiger partial charge in [-0.3, -0.25) is 4.79 Å². The van der Waals surface area contributed by atoms with Crippen molar-refractivity contribution in [3.05, 3.63) is 66.4 Å². The highest BCUT2D eigenvalue weighted by molar-refractivity contribution is 5.95. The number of aromatic nitrogens is 1. The molecule has 0 spiro atoms. The number of benzene rings is 2. The van der Waals surface area contributed by atoms with Crippen molar-refractivity contribution < 1.29 is 23.6 Å². The van der Waals surface area contributed by atoms with Crippen molar-refractivity contribution >= 4 is 17.6 Å². The second-order valence-electron chi connectivity index (χ2n) is 6.36. The zero-order valence-electron chi connectivity index (χ0n) is 15.2. The lowest BCUT2D eigenvalue weighted by Crippen LogP contribution is -2.47. The molecule has 142 valence electrons. The second kappa shape index (κ2) is 7.56. The van der Waals surface area contributed by atoms with Gasteiger partial charge in [0, 0.05) is 18.6 Å². The summed E-state index contributed by atoms with van der Waals surface area (Å²) in [4.78, 5) is 25.9. The van der Waals surface area contributed by atoms with E-state index in [9.17, 15) is 9.59 Å². The fourth-order valence-corrected chi connectivity index (χ4v) is 3.01. The molecule has 2 heterocycles. The topological polar surface area (TPSA) is 81.9 Å². The van der Waals surface area contributed by atoms with Crippen LogP contribution in [0.2, 0.25) is 0 Å².